The monoisotopic (exact) mass is 276 g/mol. The van der Waals surface area contributed by atoms with Crippen LogP contribution < -0.4 is 5.32 Å². The molecule has 0 bridgehead atoms. The molecule has 0 amide bonds. The maximum absolute atomic E-state index is 11.3. The highest BCUT2D eigenvalue weighted by Gasteiger charge is 2.05. The smallest absolute Gasteiger partial charge is 0.339 e. The van der Waals surface area contributed by atoms with E-state index < -0.39 is 0 Å². The topological polar surface area (TPSA) is 51.2 Å². The number of thiophene rings is 1. The van der Waals surface area contributed by atoms with Crippen LogP contribution in [0.25, 0.3) is 0 Å². The maximum Gasteiger partial charge on any atom is 0.339 e. The van der Waals surface area contributed by atoms with Gasteiger partial charge in [0.25, 0.3) is 0 Å². The van der Waals surface area contributed by atoms with Crippen LogP contribution in [0.5, 0.6) is 0 Å². The van der Waals surface area contributed by atoms with Crippen molar-refractivity contribution >= 4 is 17.3 Å². The Kier molecular flexibility index (Phi) is 4.65. The summed E-state index contributed by atoms with van der Waals surface area (Å²) in [5.74, 6) is -0.360. The highest BCUT2D eigenvalue weighted by molar-refractivity contribution is 7.08. The minimum absolute atomic E-state index is 0.360. The first-order valence-electron chi connectivity index (χ1n) is 5.96. The lowest BCUT2D eigenvalue weighted by Crippen LogP contribution is -2.14. The summed E-state index contributed by atoms with van der Waals surface area (Å²) < 4.78 is 4.63. The van der Waals surface area contributed by atoms with Gasteiger partial charge in [0.2, 0.25) is 0 Å². The first-order valence-corrected chi connectivity index (χ1v) is 6.90. The van der Waals surface area contributed by atoms with E-state index in [-0.39, 0.29) is 5.97 Å². The number of pyridine rings is 1. The molecule has 19 heavy (non-hydrogen) atoms. The van der Waals surface area contributed by atoms with Gasteiger partial charge in [0, 0.05) is 19.3 Å². The van der Waals surface area contributed by atoms with E-state index in [4.69, 9.17) is 0 Å². The van der Waals surface area contributed by atoms with Crippen LogP contribution >= 0.6 is 11.3 Å². The molecule has 4 nitrogen and oxygen atoms in total. The predicted octanol–water partition coefficient (Wildman–Crippen LogP) is 2.53. The molecule has 0 radical (unpaired) electrons. The van der Waals surface area contributed by atoms with Gasteiger partial charge in [-0.2, -0.15) is 11.3 Å². The number of nitrogens with zero attached hydrogens (tertiary/aromatic N) is 1. The molecule has 0 aliphatic carbocycles. The average molecular weight is 276 g/mol. The highest BCUT2D eigenvalue weighted by atomic mass is 32.1. The van der Waals surface area contributed by atoms with Gasteiger partial charge in [-0.3, -0.25) is 4.98 Å². The second-order valence-electron chi connectivity index (χ2n) is 4.21. The van der Waals surface area contributed by atoms with Gasteiger partial charge in [0.1, 0.15) is 0 Å². The number of nitrogens with one attached hydrogen (secondary N) is 1. The first kappa shape index (κ1) is 13.7. The minimum Gasteiger partial charge on any atom is -0.465 e. The number of rotatable bonds is 5. The number of esters is 1. The summed E-state index contributed by atoms with van der Waals surface area (Å²) in [5.41, 5.74) is 4.00. The average Bonchev–Trinajstić information content (AvgIpc) is 2.84. The number of carbonyl (C=O) groups is 1. The minimum atomic E-state index is -0.360. The van der Waals surface area contributed by atoms with Gasteiger partial charge in [0.15, 0.2) is 0 Å². The van der Waals surface area contributed by atoms with Gasteiger partial charge in [-0.25, -0.2) is 4.79 Å². The van der Waals surface area contributed by atoms with Crippen LogP contribution in [0.3, 0.4) is 0 Å². The maximum atomic E-state index is 11.3. The zero-order chi connectivity index (χ0) is 13.7. The molecule has 0 saturated heterocycles. The van der Waals surface area contributed by atoms with E-state index >= 15 is 0 Å². The van der Waals surface area contributed by atoms with E-state index in [9.17, 15) is 4.79 Å². The van der Waals surface area contributed by atoms with Crippen LogP contribution in [0.15, 0.2) is 29.1 Å². The zero-order valence-electron chi connectivity index (χ0n) is 11.0. The van der Waals surface area contributed by atoms with E-state index in [1.54, 1.807) is 23.6 Å². The van der Waals surface area contributed by atoms with Gasteiger partial charge >= 0.3 is 5.97 Å². The Morgan fingerprint density at radius 1 is 1.37 bits per heavy atom. The van der Waals surface area contributed by atoms with Crippen molar-refractivity contribution in [3.05, 3.63) is 51.5 Å². The Bertz CT molecular complexity index is 549. The van der Waals surface area contributed by atoms with E-state index in [2.05, 4.69) is 32.7 Å². The molecule has 0 aliphatic heterocycles. The third kappa shape index (κ3) is 3.62. The van der Waals surface area contributed by atoms with Crippen LogP contribution in [0.2, 0.25) is 0 Å². The van der Waals surface area contributed by atoms with Crippen LogP contribution in [0, 0.1) is 6.92 Å². The van der Waals surface area contributed by atoms with Gasteiger partial charge in [-0.15, -0.1) is 0 Å². The molecule has 2 aromatic rings. The molecule has 2 heterocycles. The van der Waals surface area contributed by atoms with Crippen molar-refractivity contribution in [2.75, 3.05) is 7.11 Å². The fraction of sp³-hybridized carbons (Fsp3) is 0.286. The highest BCUT2D eigenvalue weighted by Crippen LogP contribution is 2.13. The fourth-order valence-corrected chi connectivity index (χ4v) is 2.52. The zero-order valence-corrected chi connectivity index (χ0v) is 11.8. The molecule has 0 saturated carbocycles. The summed E-state index contributed by atoms with van der Waals surface area (Å²) in [7, 11) is 1.36. The number of hydrogen-bond donors (Lipinski definition) is 1. The molecule has 2 aromatic heterocycles. The molecule has 1 N–H and O–H groups in total. The molecule has 2 rings (SSSR count). The van der Waals surface area contributed by atoms with Gasteiger partial charge in [-0.05, 0) is 40.9 Å². The SMILES string of the molecule is COC(=O)c1ccc(CNCc2cscc2C)nc1. The summed E-state index contributed by atoms with van der Waals surface area (Å²) in [6.45, 7) is 3.61. The van der Waals surface area contributed by atoms with Crippen LogP contribution in [0.4, 0.5) is 0 Å². The van der Waals surface area contributed by atoms with Gasteiger partial charge in [0.05, 0.1) is 18.4 Å². The Hall–Kier alpha value is -1.72. The number of aromatic nitrogens is 1. The summed E-state index contributed by atoms with van der Waals surface area (Å²) in [6, 6.07) is 3.56. The van der Waals surface area contributed by atoms with Gasteiger partial charge in [-0.1, -0.05) is 0 Å². The molecule has 100 valence electrons. The lowest BCUT2D eigenvalue weighted by molar-refractivity contribution is 0.0600. The number of aryl methyl sites for hydroxylation is 1. The molecule has 0 unspecified atom stereocenters. The summed E-state index contributed by atoms with van der Waals surface area (Å²) in [5, 5.41) is 7.62. The Labute approximate surface area is 116 Å². The van der Waals surface area contributed by atoms with Crippen molar-refractivity contribution < 1.29 is 9.53 Å². The van der Waals surface area contributed by atoms with Crippen LogP contribution in [0.1, 0.15) is 27.2 Å². The molecular weight excluding hydrogens is 260 g/mol. The van der Waals surface area contributed by atoms with E-state index in [1.165, 1.54) is 18.2 Å². The predicted molar refractivity (Wildman–Crippen MR) is 75.2 cm³/mol. The lowest BCUT2D eigenvalue weighted by Gasteiger charge is -2.05. The van der Waals surface area contributed by atoms with Crippen LogP contribution in [-0.4, -0.2) is 18.1 Å². The number of ether oxygens (including phenoxy) is 1. The number of carbonyl (C=O) groups excluding carboxylic acids is 1. The molecule has 0 aromatic carbocycles. The Morgan fingerprint density at radius 3 is 2.79 bits per heavy atom. The normalized spacial score (nSPS) is 10.4. The fourth-order valence-electron chi connectivity index (χ4n) is 1.66. The van der Waals surface area contributed by atoms with E-state index in [0.717, 1.165) is 12.2 Å². The molecular formula is C14H16N2O2S. The van der Waals surface area contributed by atoms with E-state index in [1.807, 2.05) is 6.07 Å². The quantitative estimate of drug-likeness (QED) is 0.853. The Balaban J connectivity index is 1.86. The van der Waals surface area contributed by atoms with Crippen molar-refractivity contribution in [3.63, 3.8) is 0 Å². The Morgan fingerprint density at radius 2 is 2.21 bits per heavy atom. The number of methoxy groups -OCH3 is 1. The number of hydrogen-bond acceptors (Lipinski definition) is 5. The third-order valence-corrected chi connectivity index (χ3v) is 3.74. The molecule has 5 heteroatoms. The van der Waals surface area contributed by atoms with Crippen molar-refractivity contribution in [3.8, 4) is 0 Å². The molecule has 0 fully saturated rings. The molecule has 0 spiro atoms. The summed E-state index contributed by atoms with van der Waals surface area (Å²) >= 11 is 1.71. The van der Waals surface area contributed by atoms with Gasteiger partial charge < -0.3 is 10.1 Å². The van der Waals surface area contributed by atoms with Crippen molar-refractivity contribution in [2.24, 2.45) is 0 Å². The van der Waals surface area contributed by atoms with Crippen LogP contribution in [-0.2, 0) is 17.8 Å². The standard InChI is InChI=1S/C14H16N2O2S/c1-10-8-19-9-12(10)5-15-7-13-4-3-11(6-16-13)14(17)18-2/h3-4,6,8-9,15H,5,7H2,1-2H3. The first-order chi connectivity index (χ1) is 9.20. The van der Waals surface area contributed by atoms with Crippen molar-refractivity contribution in [2.45, 2.75) is 20.0 Å². The molecule has 0 atom stereocenters. The molecule has 0 aliphatic rings. The third-order valence-electron chi connectivity index (χ3n) is 2.83. The lowest BCUT2D eigenvalue weighted by atomic mass is 10.2. The largest absolute Gasteiger partial charge is 0.465 e. The van der Waals surface area contributed by atoms with Crippen molar-refractivity contribution in [1.29, 1.82) is 0 Å². The summed E-state index contributed by atoms with van der Waals surface area (Å²) in [4.78, 5) is 15.5. The second-order valence-corrected chi connectivity index (χ2v) is 4.96. The van der Waals surface area contributed by atoms with Crippen molar-refractivity contribution in [1.82, 2.24) is 10.3 Å². The summed E-state index contributed by atoms with van der Waals surface area (Å²) in [6.07, 6.45) is 1.54. The van der Waals surface area contributed by atoms with E-state index in [0.29, 0.717) is 12.1 Å². The second kappa shape index (κ2) is 6.45.